The zero-order chi connectivity index (χ0) is 17.8. The van der Waals surface area contributed by atoms with Crippen molar-refractivity contribution < 1.29 is 18.7 Å². The lowest BCUT2D eigenvalue weighted by molar-refractivity contribution is -0.119. The van der Waals surface area contributed by atoms with Gasteiger partial charge in [0.1, 0.15) is 11.0 Å². The van der Waals surface area contributed by atoms with Crippen LogP contribution in [-0.4, -0.2) is 23.5 Å². The molecule has 0 aliphatic heterocycles. The number of carbonyl (C=O) groups excluding carboxylic acids is 2. The molecule has 3 aromatic rings. The molecular weight excluding hydrogens is 347 g/mol. The van der Waals surface area contributed by atoms with Crippen LogP contribution in [0.1, 0.15) is 10.4 Å². The van der Waals surface area contributed by atoms with E-state index in [-0.39, 0.29) is 16.4 Å². The predicted octanol–water partition coefficient (Wildman–Crippen LogP) is 3.82. The number of hydrogen-bond donors (Lipinski definition) is 1. The third-order valence-corrected chi connectivity index (χ3v) is 3.58. The molecule has 5 nitrogen and oxygen atoms in total. The number of fused-ring (bicyclic) bond motifs is 1. The van der Waals surface area contributed by atoms with Gasteiger partial charge in [-0.2, -0.15) is 0 Å². The second-order valence-corrected chi connectivity index (χ2v) is 5.50. The van der Waals surface area contributed by atoms with Crippen LogP contribution in [0.2, 0.25) is 5.15 Å². The summed E-state index contributed by atoms with van der Waals surface area (Å²) in [4.78, 5) is 28.2. The normalized spacial score (nSPS) is 10.5. The van der Waals surface area contributed by atoms with Gasteiger partial charge in [0.15, 0.2) is 6.61 Å². The quantitative estimate of drug-likeness (QED) is 0.568. The number of amides is 1. The van der Waals surface area contributed by atoms with E-state index in [1.165, 1.54) is 24.3 Å². The fourth-order valence-electron chi connectivity index (χ4n) is 2.27. The van der Waals surface area contributed by atoms with E-state index in [4.69, 9.17) is 16.3 Å². The molecule has 1 aromatic heterocycles. The van der Waals surface area contributed by atoms with E-state index in [9.17, 15) is 14.0 Å². The lowest BCUT2D eigenvalue weighted by atomic mass is 10.1. The molecule has 0 spiro atoms. The Bertz CT molecular complexity index is 962. The number of esters is 1. The second kappa shape index (κ2) is 7.27. The molecule has 0 unspecified atom stereocenters. The number of aromatic nitrogens is 1. The Labute approximate surface area is 147 Å². The highest BCUT2D eigenvalue weighted by Gasteiger charge is 2.16. The molecule has 1 amide bonds. The molecule has 1 heterocycles. The highest BCUT2D eigenvalue weighted by atomic mass is 35.5. The van der Waals surface area contributed by atoms with Gasteiger partial charge in [-0.1, -0.05) is 41.9 Å². The fraction of sp³-hybridized carbons (Fsp3) is 0.0556. The number of anilines is 1. The number of halogens is 2. The first-order valence-corrected chi connectivity index (χ1v) is 7.69. The fourth-order valence-corrected chi connectivity index (χ4v) is 2.47. The Balaban J connectivity index is 1.71. The van der Waals surface area contributed by atoms with Crippen molar-refractivity contribution in [3.63, 3.8) is 0 Å². The van der Waals surface area contributed by atoms with E-state index >= 15 is 0 Å². The minimum atomic E-state index is -0.718. The van der Waals surface area contributed by atoms with Crippen LogP contribution >= 0.6 is 11.6 Å². The molecule has 2 aromatic carbocycles. The van der Waals surface area contributed by atoms with Crippen molar-refractivity contribution in [1.29, 1.82) is 0 Å². The van der Waals surface area contributed by atoms with E-state index in [0.717, 1.165) is 0 Å². The number of hydrogen-bond acceptors (Lipinski definition) is 4. The maximum absolute atomic E-state index is 13.5. The minimum absolute atomic E-state index is 0.0148. The van der Waals surface area contributed by atoms with Gasteiger partial charge in [-0.3, -0.25) is 4.79 Å². The summed E-state index contributed by atoms with van der Waals surface area (Å²) >= 11 is 5.92. The van der Waals surface area contributed by atoms with Crippen molar-refractivity contribution in [2.24, 2.45) is 0 Å². The predicted molar refractivity (Wildman–Crippen MR) is 92.1 cm³/mol. The lowest BCUT2D eigenvalue weighted by Gasteiger charge is -2.09. The van der Waals surface area contributed by atoms with Crippen LogP contribution in [0.3, 0.4) is 0 Å². The van der Waals surface area contributed by atoms with Gasteiger partial charge < -0.3 is 10.1 Å². The molecule has 0 atom stereocenters. The van der Waals surface area contributed by atoms with Gasteiger partial charge in [0, 0.05) is 5.39 Å². The van der Waals surface area contributed by atoms with Gasteiger partial charge in [-0.15, -0.1) is 0 Å². The molecule has 0 saturated heterocycles. The van der Waals surface area contributed by atoms with Gasteiger partial charge in [-0.05, 0) is 24.3 Å². The van der Waals surface area contributed by atoms with Gasteiger partial charge >= 0.3 is 5.97 Å². The zero-order valence-electron chi connectivity index (χ0n) is 12.8. The average Bonchev–Trinajstić information content (AvgIpc) is 2.61. The van der Waals surface area contributed by atoms with E-state index in [1.54, 1.807) is 30.3 Å². The number of para-hydroxylation sites is 2. The summed E-state index contributed by atoms with van der Waals surface area (Å²) in [6.07, 6.45) is 0. The van der Waals surface area contributed by atoms with Crippen LogP contribution in [-0.2, 0) is 9.53 Å². The first kappa shape index (κ1) is 16.9. The van der Waals surface area contributed by atoms with Crippen LogP contribution in [0.4, 0.5) is 10.1 Å². The van der Waals surface area contributed by atoms with Gasteiger partial charge in [0.2, 0.25) is 0 Å². The molecule has 7 heteroatoms. The summed E-state index contributed by atoms with van der Waals surface area (Å²) in [5.74, 6) is -1.94. The third kappa shape index (κ3) is 3.92. The number of nitrogens with one attached hydrogen (secondary N) is 1. The topological polar surface area (TPSA) is 68.3 Å². The summed E-state index contributed by atoms with van der Waals surface area (Å²) in [6, 6.07) is 14.0. The molecule has 126 valence electrons. The standard InChI is InChI=1S/C18H12ClFN2O3/c19-16-9-12(11-5-1-3-7-14(11)21-16)18(24)25-10-17(23)22-15-8-4-2-6-13(15)20/h1-9H,10H2,(H,22,23). The Hall–Kier alpha value is -2.99. The highest BCUT2D eigenvalue weighted by molar-refractivity contribution is 6.30. The highest BCUT2D eigenvalue weighted by Crippen LogP contribution is 2.21. The average molecular weight is 359 g/mol. The molecule has 0 fully saturated rings. The molecule has 0 bridgehead atoms. The SMILES string of the molecule is O=C(COC(=O)c1cc(Cl)nc2ccccc12)Nc1ccccc1F. The lowest BCUT2D eigenvalue weighted by Crippen LogP contribution is -2.21. The third-order valence-electron chi connectivity index (χ3n) is 3.39. The smallest absolute Gasteiger partial charge is 0.339 e. The molecule has 1 N–H and O–H groups in total. The number of benzene rings is 2. The first-order valence-electron chi connectivity index (χ1n) is 7.31. The van der Waals surface area contributed by atoms with Crippen LogP contribution < -0.4 is 5.32 Å². The minimum Gasteiger partial charge on any atom is -0.452 e. The number of pyridine rings is 1. The van der Waals surface area contributed by atoms with Gasteiger partial charge in [0.05, 0.1) is 16.8 Å². The van der Waals surface area contributed by atoms with E-state index in [2.05, 4.69) is 10.3 Å². The first-order chi connectivity index (χ1) is 12.0. The van der Waals surface area contributed by atoms with Gasteiger partial charge in [0.25, 0.3) is 5.91 Å². The maximum Gasteiger partial charge on any atom is 0.339 e. The monoisotopic (exact) mass is 358 g/mol. The molecule has 0 aliphatic rings. The Kier molecular flexibility index (Phi) is 4.90. The molecule has 25 heavy (non-hydrogen) atoms. The van der Waals surface area contributed by atoms with E-state index < -0.39 is 24.3 Å². The van der Waals surface area contributed by atoms with Crippen molar-refractivity contribution in [3.05, 3.63) is 71.1 Å². The number of ether oxygens (including phenoxy) is 1. The van der Waals surface area contributed by atoms with Crippen LogP contribution in [0.25, 0.3) is 10.9 Å². The number of rotatable bonds is 4. The summed E-state index contributed by atoms with van der Waals surface area (Å²) in [5, 5.41) is 3.04. The van der Waals surface area contributed by atoms with E-state index in [0.29, 0.717) is 10.9 Å². The Morgan fingerprint density at radius 3 is 2.64 bits per heavy atom. The molecular formula is C18H12ClFN2O3. The molecule has 0 aliphatic carbocycles. The largest absolute Gasteiger partial charge is 0.452 e. The summed E-state index contributed by atoms with van der Waals surface area (Å²) in [6.45, 7) is -0.554. The summed E-state index contributed by atoms with van der Waals surface area (Å²) in [5.41, 5.74) is 0.757. The zero-order valence-corrected chi connectivity index (χ0v) is 13.6. The van der Waals surface area contributed by atoms with Crippen molar-refractivity contribution >= 4 is 40.1 Å². The van der Waals surface area contributed by atoms with Crippen LogP contribution in [0, 0.1) is 5.82 Å². The van der Waals surface area contributed by atoms with Crippen molar-refractivity contribution in [3.8, 4) is 0 Å². The second-order valence-electron chi connectivity index (χ2n) is 5.11. The van der Waals surface area contributed by atoms with Crippen molar-refractivity contribution in [2.75, 3.05) is 11.9 Å². The molecule has 0 saturated carbocycles. The molecule has 3 rings (SSSR count). The summed E-state index contributed by atoms with van der Waals surface area (Å²) < 4.78 is 18.5. The number of nitrogens with zero attached hydrogens (tertiary/aromatic N) is 1. The van der Waals surface area contributed by atoms with Crippen molar-refractivity contribution in [1.82, 2.24) is 4.98 Å². The summed E-state index contributed by atoms with van der Waals surface area (Å²) in [7, 11) is 0. The number of carbonyl (C=O) groups is 2. The Morgan fingerprint density at radius 2 is 1.84 bits per heavy atom. The Morgan fingerprint density at radius 1 is 1.12 bits per heavy atom. The van der Waals surface area contributed by atoms with Crippen LogP contribution in [0.5, 0.6) is 0 Å². The molecule has 0 radical (unpaired) electrons. The van der Waals surface area contributed by atoms with Crippen molar-refractivity contribution in [2.45, 2.75) is 0 Å². The van der Waals surface area contributed by atoms with Crippen LogP contribution in [0.15, 0.2) is 54.6 Å². The van der Waals surface area contributed by atoms with Gasteiger partial charge in [-0.25, -0.2) is 14.2 Å². The van der Waals surface area contributed by atoms with E-state index in [1.807, 2.05) is 0 Å². The maximum atomic E-state index is 13.5.